The SMILES string of the molecule is CNc1ccc2ccc(Cc3ccccc3)cc2c1. The molecule has 0 radical (unpaired) electrons. The number of fused-ring (bicyclic) bond motifs is 1. The summed E-state index contributed by atoms with van der Waals surface area (Å²) in [6.45, 7) is 0. The summed E-state index contributed by atoms with van der Waals surface area (Å²) in [4.78, 5) is 0. The van der Waals surface area contributed by atoms with Gasteiger partial charge in [-0.15, -0.1) is 0 Å². The molecule has 1 heteroatoms. The molecule has 19 heavy (non-hydrogen) atoms. The summed E-state index contributed by atoms with van der Waals surface area (Å²) in [6, 6.07) is 23.8. The van der Waals surface area contributed by atoms with Crippen LogP contribution in [-0.4, -0.2) is 7.05 Å². The van der Waals surface area contributed by atoms with Gasteiger partial charge >= 0.3 is 0 Å². The number of nitrogens with one attached hydrogen (secondary N) is 1. The molecule has 1 N–H and O–H groups in total. The lowest BCUT2D eigenvalue weighted by atomic mass is 10.0. The van der Waals surface area contributed by atoms with Crippen molar-refractivity contribution in [3.8, 4) is 0 Å². The van der Waals surface area contributed by atoms with Gasteiger partial charge in [-0.3, -0.25) is 0 Å². The van der Waals surface area contributed by atoms with E-state index in [1.165, 1.54) is 21.9 Å². The second-order valence-electron chi connectivity index (χ2n) is 4.81. The Morgan fingerprint density at radius 3 is 2.32 bits per heavy atom. The van der Waals surface area contributed by atoms with Crippen molar-refractivity contribution < 1.29 is 0 Å². The lowest BCUT2D eigenvalue weighted by Crippen LogP contribution is -1.90. The maximum Gasteiger partial charge on any atom is 0.0343 e. The normalized spacial score (nSPS) is 10.6. The molecule has 0 aromatic heterocycles. The molecule has 0 saturated heterocycles. The van der Waals surface area contributed by atoms with Crippen molar-refractivity contribution in [2.45, 2.75) is 6.42 Å². The molecule has 0 atom stereocenters. The summed E-state index contributed by atoms with van der Waals surface area (Å²) in [5, 5.41) is 5.77. The Balaban J connectivity index is 1.96. The zero-order chi connectivity index (χ0) is 13.1. The smallest absolute Gasteiger partial charge is 0.0343 e. The van der Waals surface area contributed by atoms with E-state index in [1.807, 2.05) is 7.05 Å². The van der Waals surface area contributed by atoms with Crippen molar-refractivity contribution in [2.75, 3.05) is 12.4 Å². The Kier molecular flexibility index (Phi) is 3.20. The second kappa shape index (κ2) is 5.15. The van der Waals surface area contributed by atoms with Crippen LogP contribution in [-0.2, 0) is 6.42 Å². The van der Waals surface area contributed by atoms with Gasteiger partial charge in [0.25, 0.3) is 0 Å². The van der Waals surface area contributed by atoms with Gasteiger partial charge in [-0.05, 0) is 40.5 Å². The van der Waals surface area contributed by atoms with Crippen LogP contribution >= 0.6 is 0 Å². The summed E-state index contributed by atoms with van der Waals surface area (Å²) in [6.07, 6.45) is 0.987. The highest BCUT2D eigenvalue weighted by molar-refractivity contribution is 5.86. The molecule has 0 bridgehead atoms. The third kappa shape index (κ3) is 2.60. The first-order valence-electron chi connectivity index (χ1n) is 6.59. The van der Waals surface area contributed by atoms with E-state index in [0.717, 1.165) is 12.1 Å². The Morgan fingerprint density at radius 1 is 0.737 bits per heavy atom. The highest BCUT2D eigenvalue weighted by atomic mass is 14.8. The Labute approximate surface area is 113 Å². The van der Waals surface area contributed by atoms with E-state index in [-0.39, 0.29) is 0 Å². The number of rotatable bonds is 3. The summed E-state index contributed by atoms with van der Waals surface area (Å²) >= 11 is 0. The molecule has 0 aliphatic heterocycles. The van der Waals surface area contributed by atoms with Gasteiger partial charge in [0.1, 0.15) is 0 Å². The van der Waals surface area contributed by atoms with E-state index < -0.39 is 0 Å². The Hall–Kier alpha value is -2.28. The van der Waals surface area contributed by atoms with Gasteiger partial charge in [-0.25, -0.2) is 0 Å². The highest BCUT2D eigenvalue weighted by Gasteiger charge is 1.99. The van der Waals surface area contributed by atoms with E-state index >= 15 is 0 Å². The fourth-order valence-electron chi connectivity index (χ4n) is 2.39. The van der Waals surface area contributed by atoms with E-state index in [2.05, 4.69) is 72.0 Å². The summed E-state index contributed by atoms with van der Waals surface area (Å²) < 4.78 is 0. The van der Waals surface area contributed by atoms with Crippen LogP contribution in [0.2, 0.25) is 0 Å². The van der Waals surface area contributed by atoms with Crippen molar-refractivity contribution in [1.82, 2.24) is 0 Å². The van der Waals surface area contributed by atoms with Crippen molar-refractivity contribution in [3.63, 3.8) is 0 Å². The zero-order valence-electron chi connectivity index (χ0n) is 11.1. The molecule has 1 nitrogen and oxygen atoms in total. The molecule has 0 heterocycles. The first kappa shape index (κ1) is 11.8. The highest BCUT2D eigenvalue weighted by Crippen LogP contribution is 2.21. The fraction of sp³-hybridized carbons (Fsp3) is 0.111. The van der Waals surface area contributed by atoms with E-state index in [9.17, 15) is 0 Å². The standard InChI is InChI=1S/C18H17N/c1-19-18-10-9-16-8-7-15(12-17(16)13-18)11-14-5-3-2-4-6-14/h2-10,12-13,19H,11H2,1H3. The largest absolute Gasteiger partial charge is 0.388 e. The molecule has 3 aromatic rings. The molecule has 94 valence electrons. The van der Waals surface area contributed by atoms with Crippen LogP contribution in [0.4, 0.5) is 5.69 Å². The maximum absolute atomic E-state index is 3.19. The predicted octanol–water partition coefficient (Wildman–Crippen LogP) is 4.47. The zero-order valence-corrected chi connectivity index (χ0v) is 11.1. The molecule has 0 amide bonds. The minimum absolute atomic E-state index is 0.987. The van der Waals surface area contributed by atoms with Gasteiger partial charge < -0.3 is 5.32 Å². The van der Waals surface area contributed by atoms with Gasteiger partial charge in [0.2, 0.25) is 0 Å². The molecule has 3 aromatic carbocycles. The van der Waals surface area contributed by atoms with E-state index in [1.54, 1.807) is 0 Å². The first-order valence-corrected chi connectivity index (χ1v) is 6.59. The molecule has 0 aliphatic rings. The molecular weight excluding hydrogens is 230 g/mol. The minimum Gasteiger partial charge on any atom is -0.388 e. The van der Waals surface area contributed by atoms with Gasteiger partial charge in [-0.1, -0.05) is 54.6 Å². The fourth-order valence-corrected chi connectivity index (χ4v) is 2.39. The molecule has 0 spiro atoms. The predicted molar refractivity (Wildman–Crippen MR) is 82.7 cm³/mol. The van der Waals surface area contributed by atoms with Crippen LogP contribution < -0.4 is 5.32 Å². The first-order chi connectivity index (χ1) is 9.35. The van der Waals surface area contributed by atoms with Crippen LogP contribution in [0.15, 0.2) is 66.7 Å². The van der Waals surface area contributed by atoms with Crippen LogP contribution in [0.5, 0.6) is 0 Å². The van der Waals surface area contributed by atoms with E-state index in [4.69, 9.17) is 0 Å². The molecule has 0 unspecified atom stereocenters. The second-order valence-corrected chi connectivity index (χ2v) is 4.81. The lowest BCUT2D eigenvalue weighted by Gasteiger charge is -2.06. The third-order valence-electron chi connectivity index (χ3n) is 3.44. The van der Waals surface area contributed by atoms with Crippen LogP contribution in [0.1, 0.15) is 11.1 Å². The molecular formula is C18H17N. The van der Waals surface area contributed by atoms with Gasteiger partial charge in [0, 0.05) is 12.7 Å². The van der Waals surface area contributed by atoms with Crippen molar-refractivity contribution in [3.05, 3.63) is 77.9 Å². The maximum atomic E-state index is 3.19. The van der Waals surface area contributed by atoms with Gasteiger partial charge in [0.15, 0.2) is 0 Å². The Bertz CT molecular complexity index is 686. The molecule has 0 saturated carbocycles. The number of benzene rings is 3. The summed E-state index contributed by atoms with van der Waals surface area (Å²) in [7, 11) is 1.95. The molecule has 3 rings (SSSR count). The molecule has 0 aliphatic carbocycles. The van der Waals surface area contributed by atoms with Crippen molar-refractivity contribution in [1.29, 1.82) is 0 Å². The van der Waals surface area contributed by atoms with Gasteiger partial charge in [0.05, 0.1) is 0 Å². The average molecular weight is 247 g/mol. The summed E-state index contributed by atoms with van der Waals surface area (Å²) in [5.74, 6) is 0. The topological polar surface area (TPSA) is 12.0 Å². The monoisotopic (exact) mass is 247 g/mol. The number of hydrogen-bond acceptors (Lipinski definition) is 1. The number of anilines is 1. The van der Waals surface area contributed by atoms with Gasteiger partial charge in [-0.2, -0.15) is 0 Å². The van der Waals surface area contributed by atoms with Crippen LogP contribution in [0, 0.1) is 0 Å². The average Bonchev–Trinajstić information content (AvgIpc) is 2.47. The van der Waals surface area contributed by atoms with Crippen molar-refractivity contribution in [2.24, 2.45) is 0 Å². The third-order valence-corrected chi connectivity index (χ3v) is 3.44. The Morgan fingerprint density at radius 2 is 1.53 bits per heavy atom. The summed E-state index contributed by atoms with van der Waals surface area (Å²) in [5.41, 5.74) is 3.86. The quantitative estimate of drug-likeness (QED) is 0.720. The van der Waals surface area contributed by atoms with E-state index in [0.29, 0.717) is 0 Å². The number of hydrogen-bond donors (Lipinski definition) is 1. The molecule has 0 fully saturated rings. The van der Waals surface area contributed by atoms with Crippen LogP contribution in [0.3, 0.4) is 0 Å². The van der Waals surface area contributed by atoms with Crippen LogP contribution in [0.25, 0.3) is 10.8 Å². The minimum atomic E-state index is 0.987. The lowest BCUT2D eigenvalue weighted by molar-refractivity contribution is 1.20. The van der Waals surface area contributed by atoms with Crippen molar-refractivity contribution >= 4 is 16.5 Å².